The minimum absolute atomic E-state index is 0.574. The molecular weight excluding hydrogens is 429 g/mol. The third-order valence-corrected chi connectivity index (χ3v) is 9.68. The Morgan fingerprint density at radius 1 is 0.600 bits per heavy atom. The van der Waals surface area contributed by atoms with Crippen LogP contribution in [0.3, 0.4) is 0 Å². The van der Waals surface area contributed by atoms with E-state index in [1.807, 2.05) is 0 Å². The highest BCUT2D eigenvalue weighted by Gasteiger charge is 2.28. The molecule has 0 aliphatic heterocycles. The highest BCUT2D eigenvalue weighted by atomic mass is 19.1. The highest BCUT2D eigenvalue weighted by Crippen LogP contribution is 2.34. The van der Waals surface area contributed by atoms with Gasteiger partial charge in [0.2, 0.25) is 0 Å². The minimum Gasteiger partial charge on any atom is -0.314 e. The lowest BCUT2D eigenvalue weighted by Crippen LogP contribution is -2.38. The Labute approximate surface area is 222 Å². The lowest BCUT2D eigenvalue weighted by Gasteiger charge is -2.35. The number of rotatable bonds is 22. The van der Waals surface area contributed by atoms with E-state index in [0.717, 1.165) is 49.0 Å². The van der Waals surface area contributed by atoms with Gasteiger partial charge in [-0.25, -0.2) is 4.39 Å². The summed E-state index contributed by atoms with van der Waals surface area (Å²) in [7, 11) is 0. The monoisotopic (exact) mass is 498 g/mol. The van der Waals surface area contributed by atoms with E-state index in [1.165, 1.54) is 57.8 Å². The molecule has 0 bridgehead atoms. The summed E-state index contributed by atoms with van der Waals surface area (Å²) < 4.78 is 13.3. The van der Waals surface area contributed by atoms with Crippen LogP contribution in [0.15, 0.2) is 0 Å². The maximum atomic E-state index is 13.3. The lowest BCUT2D eigenvalue weighted by molar-refractivity contribution is 0.170. The Morgan fingerprint density at radius 3 is 1.63 bits per heavy atom. The zero-order valence-corrected chi connectivity index (χ0v) is 26.1. The molecule has 0 fully saturated rings. The van der Waals surface area contributed by atoms with Crippen LogP contribution < -0.4 is 5.32 Å². The van der Waals surface area contributed by atoms with E-state index in [-0.39, 0.29) is 0 Å². The first kappa shape index (κ1) is 34.9. The van der Waals surface area contributed by atoms with Gasteiger partial charge in [0.15, 0.2) is 0 Å². The van der Waals surface area contributed by atoms with Gasteiger partial charge in [0.05, 0.1) is 6.17 Å². The number of alkyl halides is 1. The van der Waals surface area contributed by atoms with Gasteiger partial charge in [0.1, 0.15) is 0 Å². The van der Waals surface area contributed by atoms with Crippen molar-refractivity contribution in [2.24, 2.45) is 47.3 Å². The van der Waals surface area contributed by atoms with Gasteiger partial charge in [0, 0.05) is 6.04 Å². The molecule has 35 heavy (non-hydrogen) atoms. The van der Waals surface area contributed by atoms with E-state index in [1.54, 1.807) is 6.92 Å². The first-order valence-electron chi connectivity index (χ1n) is 15.8. The SMILES string of the molecule is CCC(CC)CCC(CC)CC(C(C)C)C(C)C(C)NCCCCC(C(C)C)C(C)CCC(C)F. The number of hydrogen-bond acceptors (Lipinski definition) is 1. The van der Waals surface area contributed by atoms with Crippen LogP contribution in [0.4, 0.5) is 4.39 Å². The zero-order valence-electron chi connectivity index (χ0n) is 26.1. The molecule has 0 saturated carbocycles. The van der Waals surface area contributed by atoms with Gasteiger partial charge in [-0.3, -0.25) is 0 Å². The summed E-state index contributed by atoms with van der Waals surface area (Å²) >= 11 is 0. The molecule has 0 aromatic carbocycles. The van der Waals surface area contributed by atoms with E-state index in [4.69, 9.17) is 0 Å². The summed E-state index contributed by atoms with van der Waals surface area (Å²) in [5, 5.41) is 3.90. The average Bonchev–Trinajstić information content (AvgIpc) is 2.81. The topological polar surface area (TPSA) is 12.0 Å². The molecular formula is C33H68FN. The fraction of sp³-hybridized carbons (Fsp3) is 1.00. The molecule has 7 atom stereocenters. The Bertz CT molecular complexity index is 470. The fourth-order valence-corrected chi connectivity index (χ4v) is 6.51. The molecule has 0 heterocycles. The van der Waals surface area contributed by atoms with E-state index in [9.17, 15) is 4.39 Å². The van der Waals surface area contributed by atoms with E-state index < -0.39 is 6.17 Å². The quantitative estimate of drug-likeness (QED) is 0.147. The van der Waals surface area contributed by atoms with Crippen LogP contribution in [0.2, 0.25) is 0 Å². The maximum Gasteiger partial charge on any atom is 0.0973 e. The number of nitrogens with one attached hydrogen (secondary N) is 1. The maximum absolute atomic E-state index is 13.3. The van der Waals surface area contributed by atoms with E-state index >= 15 is 0 Å². The summed E-state index contributed by atoms with van der Waals surface area (Å²) in [6.45, 7) is 26.8. The largest absolute Gasteiger partial charge is 0.314 e. The van der Waals surface area contributed by atoms with Crippen molar-refractivity contribution in [1.82, 2.24) is 5.32 Å². The van der Waals surface area contributed by atoms with Crippen LogP contribution in [-0.4, -0.2) is 18.8 Å². The Balaban J connectivity index is 4.60. The fourth-order valence-electron chi connectivity index (χ4n) is 6.51. The van der Waals surface area contributed by atoms with Gasteiger partial charge in [-0.05, 0) is 99.8 Å². The third kappa shape index (κ3) is 15.0. The molecule has 0 rings (SSSR count). The van der Waals surface area contributed by atoms with Crippen LogP contribution in [0.1, 0.15) is 147 Å². The number of halogens is 1. The molecule has 0 aliphatic carbocycles. The van der Waals surface area contributed by atoms with Gasteiger partial charge in [0.25, 0.3) is 0 Å². The molecule has 212 valence electrons. The van der Waals surface area contributed by atoms with Crippen molar-refractivity contribution in [2.45, 2.75) is 159 Å². The standard InChI is InChI=1S/C33H68FN/c1-12-30(13-2)20-21-31(14-3)23-33(25(6)7)28(10)29(11)35-22-16-15-17-32(24(4)5)26(8)18-19-27(9)34/h24-33,35H,12-23H2,1-11H3. The van der Waals surface area contributed by atoms with Crippen LogP contribution in [0.5, 0.6) is 0 Å². The Hall–Kier alpha value is -0.110. The van der Waals surface area contributed by atoms with Gasteiger partial charge in [-0.1, -0.05) is 101 Å². The van der Waals surface area contributed by atoms with Gasteiger partial charge < -0.3 is 5.32 Å². The Kier molecular flexibility index (Phi) is 19.9. The van der Waals surface area contributed by atoms with Crippen molar-refractivity contribution in [3.63, 3.8) is 0 Å². The molecule has 0 aliphatic rings. The predicted molar refractivity (Wildman–Crippen MR) is 158 cm³/mol. The molecule has 0 spiro atoms. The summed E-state index contributed by atoms with van der Waals surface area (Å²) in [6, 6.07) is 0.574. The third-order valence-electron chi connectivity index (χ3n) is 9.68. The average molecular weight is 498 g/mol. The van der Waals surface area contributed by atoms with Gasteiger partial charge in [-0.15, -0.1) is 0 Å². The first-order chi connectivity index (χ1) is 16.5. The summed E-state index contributed by atoms with van der Waals surface area (Å²) in [5.74, 6) is 6.10. The highest BCUT2D eigenvalue weighted by molar-refractivity contribution is 4.81. The van der Waals surface area contributed by atoms with Gasteiger partial charge >= 0.3 is 0 Å². The van der Waals surface area contributed by atoms with Crippen molar-refractivity contribution in [2.75, 3.05) is 6.54 Å². The van der Waals surface area contributed by atoms with Crippen LogP contribution in [0, 0.1) is 47.3 Å². The normalized spacial score (nSPS) is 18.6. The van der Waals surface area contributed by atoms with Crippen molar-refractivity contribution in [3.05, 3.63) is 0 Å². The second-order valence-corrected chi connectivity index (χ2v) is 13.0. The van der Waals surface area contributed by atoms with Crippen LogP contribution in [-0.2, 0) is 0 Å². The number of hydrogen-bond donors (Lipinski definition) is 1. The van der Waals surface area contributed by atoms with E-state index in [2.05, 4.69) is 74.6 Å². The summed E-state index contributed by atoms with van der Waals surface area (Å²) in [6.07, 6.45) is 13.2. The molecule has 0 saturated heterocycles. The molecule has 0 aromatic rings. The summed E-state index contributed by atoms with van der Waals surface area (Å²) in [5.41, 5.74) is 0. The minimum atomic E-state index is -0.662. The van der Waals surface area contributed by atoms with Crippen LogP contribution >= 0.6 is 0 Å². The number of unbranched alkanes of at least 4 members (excludes halogenated alkanes) is 1. The molecule has 0 amide bonds. The summed E-state index contributed by atoms with van der Waals surface area (Å²) in [4.78, 5) is 0. The molecule has 0 radical (unpaired) electrons. The zero-order chi connectivity index (χ0) is 27.0. The second-order valence-electron chi connectivity index (χ2n) is 13.0. The van der Waals surface area contributed by atoms with Crippen molar-refractivity contribution >= 4 is 0 Å². The van der Waals surface area contributed by atoms with Crippen molar-refractivity contribution in [1.29, 1.82) is 0 Å². The predicted octanol–water partition coefficient (Wildman–Crippen LogP) is 10.7. The van der Waals surface area contributed by atoms with Crippen molar-refractivity contribution < 1.29 is 4.39 Å². The van der Waals surface area contributed by atoms with Gasteiger partial charge in [-0.2, -0.15) is 0 Å². The Morgan fingerprint density at radius 2 is 1.14 bits per heavy atom. The molecule has 1 N–H and O–H groups in total. The smallest absolute Gasteiger partial charge is 0.0973 e. The van der Waals surface area contributed by atoms with Crippen LogP contribution in [0.25, 0.3) is 0 Å². The molecule has 2 heteroatoms. The molecule has 1 nitrogen and oxygen atoms in total. The molecule has 7 unspecified atom stereocenters. The van der Waals surface area contributed by atoms with Crippen molar-refractivity contribution in [3.8, 4) is 0 Å². The first-order valence-corrected chi connectivity index (χ1v) is 15.8. The second kappa shape index (κ2) is 19.9. The lowest BCUT2D eigenvalue weighted by atomic mass is 9.73. The van der Waals surface area contributed by atoms with E-state index in [0.29, 0.717) is 23.8 Å². The molecule has 0 aromatic heterocycles.